The van der Waals surface area contributed by atoms with Crippen LogP contribution in [-0.2, 0) is 11.2 Å². The van der Waals surface area contributed by atoms with Crippen LogP contribution in [0.25, 0.3) is 15.9 Å². The molecule has 0 radical (unpaired) electrons. The minimum absolute atomic E-state index is 0.00792. The summed E-state index contributed by atoms with van der Waals surface area (Å²) >= 11 is 2.53. The van der Waals surface area contributed by atoms with Crippen LogP contribution in [0, 0.1) is 12.7 Å². The van der Waals surface area contributed by atoms with Gasteiger partial charge in [-0.25, -0.2) is 9.37 Å². The monoisotopic (exact) mass is 465 g/mol. The van der Waals surface area contributed by atoms with E-state index in [1.165, 1.54) is 44.9 Å². The quantitative estimate of drug-likeness (QED) is 0.340. The Morgan fingerprint density at radius 3 is 2.97 bits per heavy atom. The number of benzene rings is 2. The third kappa shape index (κ3) is 3.84. The van der Waals surface area contributed by atoms with Crippen LogP contribution in [0.3, 0.4) is 0 Å². The highest BCUT2D eigenvalue weighted by Gasteiger charge is 2.24. The van der Waals surface area contributed by atoms with E-state index in [-0.39, 0.29) is 29.1 Å². The van der Waals surface area contributed by atoms with Crippen molar-refractivity contribution in [3.05, 3.63) is 86.8 Å². The summed E-state index contributed by atoms with van der Waals surface area (Å²) in [6.45, 7) is 1.65. The largest absolute Gasteiger partial charge is 0.349 e. The molecule has 0 saturated carbocycles. The molecule has 5 nitrogen and oxygen atoms in total. The number of aryl methyl sites for hydroxylation is 2. The maximum atomic E-state index is 13.8. The SMILES string of the molecule is Cc1cc(-n2c(SCC(=O)NC3CCc4ccccc43)nc3ccsc3c2=O)ccc1F. The molecule has 2 aromatic heterocycles. The molecule has 0 saturated heterocycles. The number of nitrogens with zero attached hydrogens (tertiary/aromatic N) is 2. The second-order valence-corrected chi connectivity index (χ2v) is 9.61. The average molecular weight is 466 g/mol. The van der Waals surface area contributed by atoms with Crippen molar-refractivity contribution in [1.82, 2.24) is 14.9 Å². The van der Waals surface area contributed by atoms with E-state index in [1.807, 2.05) is 17.5 Å². The predicted octanol–water partition coefficient (Wildman–Crippen LogP) is 4.79. The summed E-state index contributed by atoms with van der Waals surface area (Å²) in [5.41, 5.74) is 3.79. The van der Waals surface area contributed by atoms with Gasteiger partial charge >= 0.3 is 0 Å². The number of hydrogen-bond donors (Lipinski definition) is 1. The zero-order chi connectivity index (χ0) is 22.2. The summed E-state index contributed by atoms with van der Waals surface area (Å²) in [7, 11) is 0. The lowest BCUT2D eigenvalue weighted by atomic mass is 10.1. The van der Waals surface area contributed by atoms with Gasteiger partial charge in [-0.1, -0.05) is 36.0 Å². The van der Waals surface area contributed by atoms with E-state index in [0.29, 0.717) is 26.6 Å². The van der Waals surface area contributed by atoms with Gasteiger partial charge in [-0.15, -0.1) is 11.3 Å². The lowest BCUT2D eigenvalue weighted by Gasteiger charge is -2.15. The highest BCUT2D eigenvalue weighted by Crippen LogP contribution is 2.31. The van der Waals surface area contributed by atoms with Crippen LogP contribution in [0.4, 0.5) is 4.39 Å². The Bertz CT molecular complexity index is 1400. The molecule has 8 heteroatoms. The van der Waals surface area contributed by atoms with Crippen LogP contribution < -0.4 is 10.9 Å². The summed E-state index contributed by atoms with van der Waals surface area (Å²) in [4.78, 5) is 30.6. The van der Waals surface area contributed by atoms with Gasteiger partial charge < -0.3 is 5.32 Å². The van der Waals surface area contributed by atoms with Gasteiger partial charge in [-0.3, -0.25) is 14.2 Å². The van der Waals surface area contributed by atoms with Crippen LogP contribution in [0.2, 0.25) is 0 Å². The normalized spacial score (nSPS) is 15.1. The van der Waals surface area contributed by atoms with Crippen LogP contribution in [-0.4, -0.2) is 21.2 Å². The Labute approximate surface area is 192 Å². The first-order valence-electron chi connectivity index (χ1n) is 10.3. The molecule has 0 fully saturated rings. The van der Waals surface area contributed by atoms with Crippen molar-refractivity contribution >= 4 is 39.2 Å². The lowest BCUT2D eigenvalue weighted by molar-refractivity contribution is -0.119. The number of thioether (sulfide) groups is 1. The number of hydrogen-bond acceptors (Lipinski definition) is 5. The van der Waals surface area contributed by atoms with Crippen LogP contribution >= 0.6 is 23.1 Å². The van der Waals surface area contributed by atoms with Crippen LogP contribution in [0.5, 0.6) is 0 Å². The van der Waals surface area contributed by atoms with Crippen LogP contribution in [0.15, 0.2) is 63.9 Å². The van der Waals surface area contributed by atoms with Crippen molar-refractivity contribution in [2.75, 3.05) is 5.75 Å². The molecule has 2 heterocycles. The van der Waals surface area contributed by atoms with Gasteiger partial charge in [0.1, 0.15) is 10.5 Å². The summed E-state index contributed by atoms with van der Waals surface area (Å²) in [6, 6.07) is 14.5. The number of amides is 1. The summed E-state index contributed by atoms with van der Waals surface area (Å²) in [5, 5.41) is 5.33. The van der Waals surface area contributed by atoms with Gasteiger partial charge in [0, 0.05) is 0 Å². The molecule has 0 spiro atoms. The smallest absolute Gasteiger partial charge is 0.276 e. The number of carbonyl (C=O) groups excluding carboxylic acids is 1. The highest BCUT2D eigenvalue weighted by atomic mass is 32.2. The zero-order valence-electron chi connectivity index (χ0n) is 17.3. The first-order chi connectivity index (χ1) is 15.5. The van der Waals surface area contributed by atoms with Gasteiger partial charge in [0.15, 0.2) is 5.16 Å². The Balaban J connectivity index is 1.42. The van der Waals surface area contributed by atoms with Crippen molar-refractivity contribution < 1.29 is 9.18 Å². The van der Waals surface area contributed by atoms with E-state index in [1.54, 1.807) is 25.1 Å². The molecule has 1 aliphatic carbocycles. The molecular weight excluding hydrogens is 445 g/mol. The molecule has 0 bridgehead atoms. The first-order valence-corrected chi connectivity index (χ1v) is 12.1. The molecule has 162 valence electrons. The summed E-state index contributed by atoms with van der Waals surface area (Å²) in [5.74, 6) is -0.323. The Morgan fingerprint density at radius 2 is 2.12 bits per heavy atom. The van der Waals surface area contributed by atoms with E-state index in [0.717, 1.165) is 12.8 Å². The molecule has 1 unspecified atom stereocenters. The Hall–Kier alpha value is -2.97. The third-order valence-corrected chi connectivity index (χ3v) is 7.48. The standard InChI is InChI=1S/C24H20FN3O2S2/c1-14-12-16(7-8-18(14)25)28-23(30)22-20(10-11-31-22)27-24(28)32-13-21(29)26-19-9-6-15-4-2-3-5-17(15)19/h2-5,7-8,10-12,19H,6,9,13H2,1H3,(H,26,29). The number of nitrogens with one attached hydrogen (secondary N) is 1. The van der Waals surface area contributed by atoms with Gasteiger partial charge in [0.2, 0.25) is 5.91 Å². The number of aromatic nitrogens is 2. The summed E-state index contributed by atoms with van der Waals surface area (Å²) in [6.07, 6.45) is 1.84. The van der Waals surface area contributed by atoms with Gasteiger partial charge in [0.25, 0.3) is 5.56 Å². The second-order valence-electron chi connectivity index (χ2n) is 7.75. The molecule has 1 atom stereocenters. The topological polar surface area (TPSA) is 64.0 Å². The van der Waals surface area contributed by atoms with E-state index in [9.17, 15) is 14.0 Å². The Kier molecular flexibility index (Phi) is 5.57. The molecule has 1 N–H and O–H groups in total. The number of rotatable bonds is 5. The Morgan fingerprint density at radius 1 is 1.28 bits per heavy atom. The van der Waals surface area contributed by atoms with Gasteiger partial charge in [-0.2, -0.15) is 0 Å². The number of thiophene rings is 1. The van der Waals surface area contributed by atoms with Crippen molar-refractivity contribution in [2.45, 2.75) is 31.0 Å². The number of halogens is 1. The fourth-order valence-corrected chi connectivity index (χ4v) is 5.64. The highest BCUT2D eigenvalue weighted by molar-refractivity contribution is 7.99. The van der Waals surface area contributed by atoms with Crippen molar-refractivity contribution in [1.29, 1.82) is 0 Å². The van der Waals surface area contributed by atoms with E-state index in [2.05, 4.69) is 22.4 Å². The molecule has 5 rings (SSSR count). The fraction of sp³-hybridized carbons (Fsp3) is 0.208. The van der Waals surface area contributed by atoms with Crippen molar-refractivity contribution in [2.24, 2.45) is 0 Å². The first kappa shape index (κ1) is 20.9. The minimum Gasteiger partial charge on any atom is -0.349 e. The predicted molar refractivity (Wildman–Crippen MR) is 126 cm³/mol. The van der Waals surface area contributed by atoms with Gasteiger partial charge in [0.05, 0.1) is 23.0 Å². The molecule has 0 aliphatic heterocycles. The zero-order valence-corrected chi connectivity index (χ0v) is 18.9. The van der Waals surface area contributed by atoms with Crippen LogP contribution in [0.1, 0.15) is 29.2 Å². The molecule has 2 aromatic carbocycles. The van der Waals surface area contributed by atoms with E-state index < -0.39 is 0 Å². The van der Waals surface area contributed by atoms with Crippen molar-refractivity contribution in [3.8, 4) is 5.69 Å². The molecule has 4 aromatic rings. The number of fused-ring (bicyclic) bond motifs is 2. The van der Waals surface area contributed by atoms with Gasteiger partial charge in [-0.05, 0) is 66.1 Å². The average Bonchev–Trinajstić information content (AvgIpc) is 3.42. The maximum Gasteiger partial charge on any atom is 0.276 e. The molecule has 1 amide bonds. The third-order valence-electron chi connectivity index (χ3n) is 5.65. The summed E-state index contributed by atoms with van der Waals surface area (Å²) < 4.78 is 15.8. The number of carbonyl (C=O) groups is 1. The van der Waals surface area contributed by atoms with E-state index in [4.69, 9.17) is 0 Å². The lowest BCUT2D eigenvalue weighted by Crippen LogP contribution is -2.29. The maximum absolute atomic E-state index is 13.8. The second kappa shape index (κ2) is 8.52. The van der Waals surface area contributed by atoms with Crippen molar-refractivity contribution in [3.63, 3.8) is 0 Å². The minimum atomic E-state index is -0.336. The molecule has 1 aliphatic rings. The molecular formula is C24H20FN3O2S2. The molecule has 32 heavy (non-hydrogen) atoms. The fourth-order valence-electron chi connectivity index (χ4n) is 4.06. The van der Waals surface area contributed by atoms with E-state index >= 15 is 0 Å².